The first-order valence-electron chi connectivity index (χ1n) is 11.5. The zero-order chi connectivity index (χ0) is 26.3. The summed E-state index contributed by atoms with van der Waals surface area (Å²) in [4.78, 5) is 27.5. The highest BCUT2D eigenvalue weighted by molar-refractivity contribution is 6.13. The van der Waals surface area contributed by atoms with Crippen molar-refractivity contribution in [2.24, 2.45) is 5.73 Å². The number of amides is 1. The van der Waals surface area contributed by atoms with E-state index in [0.717, 1.165) is 23.3 Å². The molecule has 0 aromatic heterocycles. The molecule has 36 heavy (non-hydrogen) atoms. The molecule has 188 valence electrons. The van der Waals surface area contributed by atoms with Crippen LogP contribution in [-0.4, -0.2) is 28.9 Å². The van der Waals surface area contributed by atoms with E-state index >= 15 is 0 Å². The van der Waals surface area contributed by atoms with E-state index in [1.54, 1.807) is 63.2 Å². The highest BCUT2D eigenvalue weighted by Crippen LogP contribution is 2.33. The molecule has 3 aromatic rings. The number of carbonyl (C=O) groups excluding carboxylic acids is 2. The topological polar surface area (TPSA) is 72.6 Å². The highest BCUT2D eigenvalue weighted by atomic mass is 19.4. The average Bonchev–Trinajstić information content (AvgIpc) is 2.82. The molecule has 1 atom stereocenters. The summed E-state index contributed by atoms with van der Waals surface area (Å²) in [6.45, 7) is 5.71. The van der Waals surface area contributed by atoms with E-state index < -0.39 is 29.6 Å². The lowest BCUT2D eigenvalue weighted by Gasteiger charge is -2.36. The van der Waals surface area contributed by atoms with Crippen LogP contribution in [0, 0.1) is 0 Å². The van der Waals surface area contributed by atoms with Crippen LogP contribution in [-0.2, 0) is 17.3 Å². The van der Waals surface area contributed by atoms with Crippen molar-refractivity contribution < 1.29 is 27.5 Å². The zero-order valence-electron chi connectivity index (χ0n) is 20.2. The van der Waals surface area contributed by atoms with Gasteiger partial charge in [0.25, 0.3) is 0 Å². The Hall–Kier alpha value is -3.65. The van der Waals surface area contributed by atoms with Gasteiger partial charge in [-0.15, -0.1) is 0 Å². The smallest absolute Gasteiger partial charge is 0.416 e. The molecule has 2 N–H and O–H groups in total. The third-order valence-electron chi connectivity index (χ3n) is 6.00. The van der Waals surface area contributed by atoms with E-state index in [2.05, 4.69) is 0 Å². The van der Waals surface area contributed by atoms with Gasteiger partial charge in [-0.2, -0.15) is 13.2 Å². The first kappa shape index (κ1) is 25.4. The van der Waals surface area contributed by atoms with Gasteiger partial charge in [0.1, 0.15) is 11.8 Å². The first-order chi connectivity index (χ1) is 16.8. The van der Waals surface area contributed by atoms with E-state index in [9.17, 15) is 22.8 Å². The molecule has 0 saturated heterocycles. The minimum atomic E-state index is -4.43. The molecule has 3 aromatic carbocycles. The van der Waals surface area contributed by atoms with Crippen LogP contribution in [0.25, 0.3) is 11.1 Å². The van der Waals surface area contributed by atoms with Crippen LogP contribution in [0.15, 0.2) is 66.7 Å². The van der Waals surface area contributed by atoms with Gasteiger partial charge in [0.15, 0.2) is 5.78 Å². The van der Waals surface area contributed by atoms with Crippen LogP contribution in [0.4, 0.5) is 18.0 Å². The van der Waals surface area contributed by atoms with Gasteiger partial charge < -0.3 is 10.5 Å². The van der Waals surface area contributed by atoms with Gasteiger partial charge in [-0.05, 0) is 67.6 Å². The van der Waals surface area contributed by atoms with Crippen molar-refractivity contribution >= 4 is 11.9 Å². The molecule has 0 fully saturated rings. The van der Waals surface area contributed by atoms with E-state index in [1.165, 1.54) is 17.0 Å². The molecule has 1 unspecified atom stereocenters. The largest absolute Gasteiger partial charge is 0.444 e. The number of nitrogens with two attached hydrogens (primary N) is 1. The van der Waals surface area contributed by atoms with Gasteiger partial charge in [0.2, 0.25) is 0 Å². The number of nitrogens with zero attached hydrogens (tertiary/aromatic N) is 1. The Morgan fingerprint density at radius 1 is 0.972 bits per heavy atom. The lowest BCUT2D eigenvalue weighted by atomic mass is 9.90. The predicted molar refractivity (Wildman–Crippen MR) is 130 cm³/mol. The molecular weight excluding hydrogens is 469 g/mol. The van der Waals surface area contributed by atoms with Crippen molar-refractivity contribution in [1.82, 2.24) is 4.90 Å². The molecule has 4 rings (SSSR count). The maximum absolute atomic E-state index is 13.5. The molecule has 1 amide bonds. The van der Waals surface area contributed by atoms with Gasteiger partial charge in [-0.3, -0.25) is 9.69 Å². The maximum atomic E-state index is 13.5. The number of ether oxygens (including phenoxy) is 1. The Morgan fingerprint density at radius 2 is 1.64 bits per heavy atom. The molecule has 5 nitrogen and oxygen atoms in total. The summed E-state index contributed by atoms with van der Waals surface area (Å²) in [5.41, 5.74) is 8.43. The number of halogens is 3. The molecule has 0 spiro atoms. The van der Waals surface area contributed by atoms with E-state index in [4.69, 9.17) is 10.5 Å². The molecule has 8 heteroatoms. The van der Waals surface area contributed by atoms with Crippen molar-refractivity contribution in [2.45, 2.75) is 45.1 Å². The number of ketones is 1. The lowest BCUT2D eigenvalue weighted by molar-refractivity contribution is -0.137. The van der Waals surface area contributed by atoms with Crippen LogP contribution in [0.3, 0.4) is 0 Å². The molecule has 1 aliphatic rings. The van der Waals surface area contributed by atoms with Gasteiger partial charge in [0.05, 0.1) is 5.56 Å². The lowest BCUT2D eigenvalue weighted by Crippen LogP contribution is -2.46. The first-order valence-corrected chi connectivity index (χ1v) is 11.5. The van der Waals surface area contributed by atoms with Gasteiger partial charge in [-0.25, -0.2) is 4.79 Å². The Balaban J connectivity index is 1.61. The molecule has 0 radical (unpaired) electrons. The second kappa shape index (κ2) is 9.43. The fourth-order valence-electron chi connectivity index (χ4n) is 4.25. The number of fused-ring (bicyclic) bond motifs is 1. The number of carbonyl (C=O) groups is 2. The van der Waals surface area contributed by atoms with Gasteiger partial charge in [0, 0.05) is 17.7 Å². The third kappa shape index (κ3) is 5.28. The summed E-state index contributed by atoms with van der Waals surface area (Å²) in [6, 6.07) is 16.7. The van der Waals surface area contributed by atoms with Crippen LogP contribution >= 0.6 is 0 Å². The zero-order valence-corrected chi connectivity index (χ0v) is 20.2. The van der Waals surface area contributed by atoms with Gasteiger partial charge in [-0.1, -0.05) is 48.5 Å². The summed E-state index contributed by atoms with van der Waals surface area (Å²) >= 11 is 0. The minimum Gasteiger partial charge on any atom is -0.444 e. The molecule has 0 aliphatic carbocycles. The molecule has 0 bridgehead atoms. The fourth-order valence-corrected chi connectivity index (χ4v) is 4.25. The van der Waals surface area contributed by atoms with E-state index in [1.807, 2.05) is 0 Å². The summed E-state index contributed by atoms with van der Waals surface area (Å²) in [6.07, 6.45) is -5.13. The van der Waals surface area contributed by atoms with E-state index in [-0.39, 0.29) is 5.78 Å². The Labute approximate surface area is 207 Å². The Kier molecular flexibility index (Phi) is 6.66. The maximum Gasteiger partial charge on any atom is 0.416 e. The summed E-state index contributed by atoms with van der Waals surface area (Å²) in [7, 11) is 0. The van der Waals surface area contributed by atoms with Crippen molar-refractivity contribution in [2.75, 3.05) is 6.54 Å². The van der Waals surface area contributed by atoms with Crippen molar-refractivity contribution in [3.63, 3.8) is 0 Å². The molecular formula is C28H27F3N2O3. The molecule has 0 saturated carbocycles. The number of hydrogen-bond donors (Lipinski definition) is 1. The number of hydrogen-bond acceptors (Lipinski definition) is 4. The van der Waals surface area contributed by atoms with Gasteiger partial charge >= 0.3 is 12.3 Å². The summed E-state index contributed by atoms with van der Waals surface area (Å²) < 4.78 is 44.4. The monoisotopic (exact) mass is 496 g/mol. The fraction of sp³-hybridized carbons (Fsp3) is 0.286. The third-order valence-corrected chi connectivity index (χ3v) is 6.00. The summed E-state index contributed by atoms with van der Waals surface area (Å²) in [5, 5.41) is 0. The normalized spacial score (nSPS) is 15.9. The summed E-state index contributed by atoms with van der Waals surface area (Å²) in [5.74, 6) is -0.253. The predicted octanol–water partition coefficient (Wildman–Crippen LogP) is 6.35. The number of benzene rings is 3. The second-order valence-corrected chi connectivity index (χ2v) is 9.73. The molecule has 1 heterocycles. The SMILES string of the molecule is CC(C)(C)OC(=O)N1CCc2cc(C(=O)c3ccccc3-c3ccc(C(F)(F)F)cc3)ccc2C1N. The van der Waals surface area contributed by atoms with E-state index in [0.29, 0.717) is 35.2 Å². The number of alkyl halides is 3. The highest BCUT2D eigenvalue weighted by Gasteiger charge is 2.32. The van der Waals surface area contributed by atoms with Crippen LogP contribution < -0.4 is 5.73 Å². The van der Waals surface area contributed by atoms with Crippen LogP contribution in [0.1, 0.15) is 59.5 Å². The second-order valence-electron chi connectivity index (χ2n) is 9.73. The minimum absolute atomic E-state index is 0.253. The number of rotatable bonds is 3. The Morgan fingerprint density at radius 3 is 2.28 bits per heavy atom. The van der Waals surface area contributed by atoms with Crippen molar-refractivity contribution in [3.05, 3.63) is 94.5 Å². The van der Waals surface area contributed by atoms with Crippen LogP contribution in [0.5, 0.6) is 0 Å². The quantitative estimate of drug-likeness (QED) is 0.429. The standard InChI is InChI=1S/C28H27F3N2O3/c1-27(2,3)36-26(35)33-15-14-18-16-19(10-13-22(18)25(33)32)24(34)23-7-5-4-6-21(23)17-8-11-20(12-9-17)28(29,30)31/h4-13,16,25H,14-15,32H2,1-3H3. The van der Waals surface area contributed by atoms with Crippen molar-refractivity contribution in [1.29, 1.82) is 0 Å². The Bertz CT molecular complexity index is 1290. The molecule has 1 aliphatic heterocycles. The van der Waals surface area contributed by atoms with Crippen LogP contribution in [0.2, 0.25) is 0 Å². The van der Waals surface area contributed by atoms with Crippen molar-refractivity contribution in [3.8, 4) is 11.1 Å². The average molecular weight is 497 g/mol.